The number of rotatable bonds is 2. The van der Waals surface area contributed by atoms with Crippen LogP contribution in [0.1, 0.15) is 19.3 Å². The second-order valence-electron chi connectivity index (χ2n) is 3.11. The first-order valence-electron chi connectivity index (χ1n) is 4.67. The first-order chi connectivity index (χ1) is 8.58. The molecular weight excluding hydrogens is 404 g/mol. The summed E-state index contributed by atoms with van der Waals surface area (Å²) in [5.74, 6) is -0.687. The third-order valence-corrected chi connectivity index (χ3v) is 5.37. The van der Waals surface area contributed by atoms with Crippen molar-refractivity contribution in [1.29, 1.82) is 0 Å². The SMILES string of the molecule is O=C(NNC(=O)c1sccc1Br)c1ccc(Br)s1. The minimum atomic E-state index is -0.346. The van der Waals surface area contributed by atoms with Crippen LogP contribution in [0.5, 0.6) is 0 Å². The number of nitrogens with one attached hydrogen (secondary N) is 2. The summed E-state index contributed by atoms with van der Waals surface area (Å²) in [6.07, 6.45) is 0. The van der Waals surface area contributed by atoms with Crippen molar-refractivity contribution in [2.45, 2.75) is 0 Å². The Balaban J connectivity index is 1.94. The van der Waals surface area contributed by atoms with Crippen LogP contribution < -0.4 is 10.9 Å². The molecule has 0 radical (unpaired) electrons. The first-order valence-corrected chi connectivity index (χ1v) is 7.95. The van der Waals surface area contributed by atoms with E-state index in [0.717, 1.165) is 3.79 Å². The van der Waals surface area contributed by atoms with Gasteiger partial charge in [-0.05, 0) is 55.4 Å². The number of carbonyl (C=O) groups excluding carboxylic acids is 2. The van der Waals surface area contributed by atoms with E-state index in [1.54, 1.807) is 23.6 Å². The Kier molecular flexibility index (Phi) is 4.55. The van der Waals surface area contributed by atoms with E-state index < -0.39 is 0 Å². The van der Waals surface area contributed by atoms with Crippen molar-refractivity contribution in [3.05, 3.63) is 41.6 Å². The van der Waals surface area contributed by atoms with Crippen LogP contribution in [0, 0.1) is 0 Å². The monoisotopic (exact) mass is 408 g/mol. The average Bonchev–Trinajstić information content (AvgIpc) is 2.94. The molecule has 8 heteroatoms. The fourth-order valence-electron chi connectivity index (χ4n) is 1.12. The maximum atomic E-state index is 11.7. The van der Waals surface area contributed by atoms with E-state index in [4.69, 9.17) is 0 Å². The number of thiophene rings is 2. The van der Waals surface area contributed by atoms with Crippen molar-refractivity contribution in [3.63, 3.8) is 0 Å². The van der Waals surface area contributed by atoms with Gasteiger partial charge in [0.15, 0.2) is 0 Å². The fraction of sp³-hybridized carbons (Fsp3) is 0. The van der Waals surface area contributed by atoms with Gasteiger partial charge < -0.3 is 0 Å². The van der Waals surface area contributed by atoms with Crippen LogP contribution in [0.2, 0.25) is 0 Å². The van der Waals surface area contributed by atoms with Crippen molar-refractivity contribution in [1.82, 2.24) is 10.9 Å². The summed E-state index contributed by atoms with van der Waals surface area (Å²) in [5, 5.41) is 1.79. The van der Waals surface area contributed by atoms with Crippen LogP contribution in [0.4, 0.5) is 0 Å². The van der Waals surface area contributed by atoms with Crippen LogP contribution in [-0.4, -0.2) is 11.8 Å². The van der Waals surface area contributed by atoms with Gasteiger partial charge in [-0.15, -0.1) is 22.7 Å². The van der Waals surface area contributed by atoms with E-state index in [2.05, 4.69) is 42.7 Å². The van der Waals surface area contributed by atoms with E-state index >= 15 is 0 Å². The van der Waals surface area contributed by atoms with Crippen molar-refractivity contribution < 1.29 is 9.59 Å². The highest BCUT2D eigenvalue weighted by molar-refractivity contribution is 9.11. The van der Waals surface area contributed by atoms with Crippen LogP contribution in [0.3, 0.4) is 0 Å². The zero-order valence-corrected chi connectivity index (χ0v) is 13.5. The molecule has 0 saturated carbocycles. The van der Waals surface area contributed by atoms with Crippen molar-refractivity contribution in [2.75, 3.05) is 0 Å². The van der Waals surface area contributed by atoms with Crippen LogP contribution in [0.25, 0.3) is 0 Å². The van der Waals surface area contributed by atoms with E-state index in [-0.39, 0.29) is 11.8 Å². The van der Waals surface area contributed by atoms with Gasteiger partial charge in [0.05, 0.1) is 8.66 Å². The summed E-state index contributed by atoms with van der Waals surface area (Å²) < 4.78 is 1.57. The second kappa shape index (κ2) is 5.96. The largest absolute Gasteiger partial charge is 0.280 e. The molecule has 94 valence electrons. The molecule has 0 aliphatic rings. The maximum Gasteiger partial charge on any atom is 0.280 e. The topological polar surface area (TPSA) is 58.2 Å². The van der Waals surface area contributed by atoms with Gasteiger partial charge in [-0.1, -0.05) is 0 Å². The molecule has 0 unspecified atom stereocenters. The third kappa shape index (κ3) is 3.19. The maximum absolute atomic E-state index is 11.7. The van der Waals surface area contributed by atoms with Crippen LogP contribution in [-0.2, 0) is 0 Å². The molecule has 0 bridgehead atoms. The Bertz CT molecular complexity index is 594. The van der Waals surface area contributed by atoms with Crippen molar-refractivity contribution in [2.24, 2.45) is 0 Å². The minimum Gasteiger partial charge on any atom is -0.266 e. The molecule has 0 atom stereocenters. The first kappa shape index (κ1) is 13.7. The lowest BCUT2D eigenvalue weighted by molar-refractivity contribution is 0.0851. The zero-order chi connectivity index (χ0) is 13.1. The summed E-state index contributed by atoms with van der Waals surface area (Å²) in [6, 6.07) is 5.23. The molecule has 0 aliphatic carbocycles. The molecule has 0 saturated heterocycles. The van der Waals surface area contributed by atoms with Crippen molar-refractivity contribution >= 4 is 66.3 Å². The van der Waals surface area contributed by atoms with Gasteiger partial charge in [0.2, 0.25) is 0 Å². The van der Waals surface area contributed by atoms with Crippen LogP contribution in [0.15, 0.2) is 31.8 Å². The Morgan fingerprint density at radius 2 is 1.78 bits per heavy atom. The Labute approximate surface area is 128 Å². The molecule has 2 rings (SSSR count). The van der Waals surface area contributed by atoms with Gasteiger partial charge >= 0.3 is 0 Å². The molecule has 2 heterocycles. The highest BCUT2D eigenvalue weighted by Crippen LogP contribution is 2.23. The molecule has 0 aromatic carbocycles. The molecule has 4 nitrogen and oxygen atoms in total. The Morgan fingerprint density at radius 1 is 1.06 bits per heavy atom. The summed E-state index contributed by atoms with van der Waals surface area (Å²) in [7, 11) is 0. The molecule has 18 heavy (non-hydrogen) atoms. The van der Waals surface area contributed by atoms with Gasteiger partial charge in [-0.25, -0.2) is 0 Å². The highest BCUT2D eigenvalue weighted by Gasteiger charge is 2.13. The fourth-order valence-corrected chi connectivity index (χ4v) is 3.85. The minimum absolute atomic E-state index is 0.341. The van der Waals surface area contributed by atoms with Gasteiger partial charge in [0.1, 0.15) is 4.88 Å². The predicted molar refractivity (Wildman–Crippen MR) is 79.0 cm³/mol. The molecule has 0 aliphatic heterocycles. The Morgan fingerprint density at radius 3 is 2.33 bits per heavy atom. The van der Waals surface area contributed by atoms with Gasteiger partial charge in [-0.2, -0.15) is 0 Å². The molecule has 0 fully saturated rings. The molecule has 2 aromatic rings. The van der Waals surface area contributed by atoms with Gasteiger partial charge in [0, 0.05) is 4.47 Å². The van der Waals surface area contributed by atoms with E-state index in [0.29, 0.717) is 14.2 Å². The molecule has 2 aromatic heterocycles. The normalized spacial score (nSPS) is 10.1. The number of halogens is 2. The van der Waals surface area contributed by atoms with E-state index in [1.165, 1.54) is 22.7 Å². The quantitative estimate of drug-likeness (QED) is 0.746. The number of carbonyl (C=O) groups is 2. The van der Waals surface area contributed by atoms with E-state index in [1.807, 2.05) is 0 Å². The number of hydrogen-bond donors (Lipinski definition) is 2. The van der Waals surface area contributed by atoms with Gasteiger partial charge in [-0.3, -0.25) is 20.4 Å². The molecule has 0 spiro atoms. The summed E-state index contributed by atoms with van der Waals surface area (Å²) >= 11 is 9.11. The van der Waals surface area contributed by atoms with E-state index in [9.17, 15) is 9.59 Å². The molecule has 2 N–H and O–H groups in total. The van der Waals surface area contributed by atoms with Crippen LogP contribution >= 0.6 is 54.5 Å². The molecular formula is C10H6Br2N2O2S2. The summed E-state index contributed by atoms with van der Waals surface area (Å²) in [6.45, 7) is 0. The number of hydrazine groups is 1. The highest BCUT2D eigenvalue weighted by atomic mass is 79.9. The lowest BCUT2D eigenvalue weighted by Gasteiger charge is -2.04. The zero-order valence-electron chi connectivity index (χ0n) is 8.70. The number of amides is 2. The lowest BCUT2D eigenvalue weighted by Crippen LogP contribution is -2.41. The number of hydrogen-bond acceptors (Lipinski definition) is 4. The standard InChI is InChI=1S/C10H6Br2N2O2S2/c11-5-3-4-17-8(5)10(16)14-13-9(15)6-1-2-7(12)18-6/h1-4H,(H,13,15)(H,14,16). The summed E-state index contributed by atoms with van der Waals surface area (Å²) in [4.78, 5) is 24.4. The second-order valence-corrected chi connectivity index (χ2v) is 7.34. The lowest BCUT2D eigenvalue weighted by atomic mass is 10.4. The summed E-state index contributed by atoms with van der Waals surface area (Å²) in [5.41, 5.74) is 4.73. The predicted octanol–water partition coefficient (Wildman–Crippen LogP) is 3.41. The Hall–Kier alpha value is -0.700. The smallest absolute Gasteiger partial charge is 0.266 e. The average molecular weight is 410 g/mol. The molecule has 2 amide bonds. The van der Waals surface area contributed by atoms with Gasteiger partial charge in [0.25, 0.3) is 11.8 Å². The third-order valence-electron chi connectivity index (χ3n) is 1.91. The van der Waals surface area contributed by atoms with Crippen molar-refractivity contribution in [3.8, 4) is 0 Å².